The van der Waals surface area contributed by atoms with Gasteiger partial charge in [-0.25, -0.2) is 9.59 Å². The van der Waals surface area contributed by atoms with E-state index in [4.69, 9.17) is 9.47 Å². The predicted octanol–water partition coefficient (Wildman–Crippen LogP) is 1.52. The molecule has 0 aromatic heterocycles. The van der Waals surface area contributed by atoms with Crippen molar-refractivity contribution in [3.8, 4) is 0 Å². The summed E-state index contributed by atoms with van der Waals surface area (Å²) in [6, 6.07) is 0. The molecule has 2 rings (SSSR count). The van der Waals surface area contributed by atoms with Gasteiger partial charge in [-0.2, -0.15) is 0 Å². The van der Waals surface area contributed by atoms with Crippen LogP contribution >= 0.6 is 0 Å². The fourth-order valence-corrected chi connectivity index (χ4v) is 3.00. The number of aliphatic carboxylic acids is 1. The second-order valence-electron chi connectivity index (χ2n) is 5.34. The molecule has 114 valence electrons. The Hall–Kier alpha value is -1.34. The van der Waals surface area contributed by atoms with Gasteiger partial charge in [0, 0.05) is 13.0 Å². The zero-order valence-electron chi connectivity index (χ0n) is 11.6. The number of amides is 1. The van der Waals surface area contributed by atoms with Gasteiger partial charge in [0.15, 0.2) is 6.29 Å². The number of nitrogens with zero attached hydrogens (tertiary/aromatic N) is 1. The maximum absolute atomic E-state index is 11.5. The monoisotopic (exact) mass is 287 g/mol. The van der Waals surface area contributed by atoms with E-state index in [2.05, 4.69) is 0 Å². The van der Waals surface area contributed by atoms with Crippen molar-refractivity contribution >= 4 is 12.1 Å². The van der Waals surface area contributed by atoms with Crippen molar-refractivity contribution in [2.75, 3.05) is 13.2 Å². The first-order valence-corrected chi connectivity index (χ1v) is 7.00. The lowest BCUT2D eigenvalue weighted by Crippen LogP contribution is -2.52. The van der Waals surface area contributed by atoms with Crippen molar-refractivity contribution in [2.45, 2.75) is 57.0 Å². The third kappa shape index (κ3) is 2.73. The fourth-order valence-electron chi connectivity index (χ4n) is 3.00. The maximum Gasteiger partial charge on any atom is 0.408 e. The molecule has 0 aliphatic carbocycles. The van der Waals surface area contributed by atoms with E-state index in [-0.39, 0.29) is 25.7 Å². The Balaban J connectivity index is 2.07. The summed E-state index contributed by atoms with van der Waals surface area (Å²) in [4.78, 5) is 23.8. The predicted molar refractivity (Wildman–Crippen MR) is 68.5 cm³/mol. The number of carboxylic acids is 1. The van der Waals surface area contributed by atoms with E-state index in [9.17, 15) is 19.8 Å². The van der Waals surface area contributed by atoms with Gasteiger partial charge in [0.25, 0.3) is 0 Å². The van der Waals surface area contributed by atoms with Gasteiger partial charge in [0.05, 0.1) is 12.6 Å². The van der Waals surface area contributed by atoms with Crippen molar-refractivity contribution in [2.24, 2.45) is 0 Å². The van der Waals surface area contributed by atoms with Gasteiger partial charge >= 0.3 is 12.1 Å². The van der Waals surface area contributed by atoms with E-state index in [0.29, 0.717) is 6.61 Å². The molecular weight excluding hydrogens is 266 g/mol. The average molecular weight is 287 g/mol. The molecule has 7 nitrogen and oxygen atoms in total. The third-order valence-corrected chi connectivity index (χ3v) is 4.16. The Kier molecular flexibility index (Phi) is 4.49. The highest BCUT2D eigenvalue weighted by atomic mass is 16.7. The summed E-state index contributed by atoms with van der Waals surface area (Å²) in [5.41, 5.74) is -1.38. The third-order valence-electron chi connectivity index (χ3n) is 4.16. The molecular formula is C13H21NO6. The molecule has 2 saturated heterocycles. The molecule has 20 heavy (non-hydrogen) atoms. The lowest BCUT2D eigenvalue weighted by molar-refractivity contribution is -0.185. The van der Waals surface area contributed by atoms with Crippen molar-refractivity contribution in [1.29, 1.82) is 0 Å². The van der Waals surface area contributed by atoms with E-state index in [1.807, 2.05) is 0 Å². The number of hydrogen-bond donors (Lipinski definition) is 2. The molecule has 0 bridgehead atoms. The molecule has 0 saturated carbocycles. The van der Waals surface area contributed by atoms with Crippen LogP contribution in [-0.4, -0.2) is 58.3 Å². The molecule has 1 amide bonds. The molecule has 1 unspecified atom stereocenters. The van der Waals surface area contributed by atoms with Crippen molar-refractivity contribution in [1.82, 2.24) is 4.90 Å². The van der Waals surface area contributed by atoms with Gasteiger partial charge in [-0.15, -0.1) is 0 Å². The van der Waals surface area contributed by atoms with Gasteiger partial charge in [0.2, 0.25) is 0 Å². The number of rotatable bonds is 4. The summed E-state index contributed by atoms with van der Waals surface area (Å²) in [7, 11) is 0. The van der Waals surface area contributed by atoms with E-state index in [1.54, 1.807) is 6.92 Å². The van der Waals surface area contributed by atoms with Crippen LogP contribution in [0.3, 0.4) is 0 Å². The van der Waals surface area contributed by atoms with Crippen LogP contribution < -0.4 is 0 Å². The van der Waals surface area contributed by atoms with Crippen LogP contribution in [0.1, 0.15) is 39.0 Å². The Bertz CT molecular complexity index is 381. The lowest BCUT2D eigenvalue weighted by Gasteiger charge is -2.30. The van der Waals surface area contributed by atoms with Crippen LogP contribution in [0.5, 0.6) is 0 Å². The molecule has 0 radical (unpaired) electrons. The smallest absolute Gasteiger partial charge is 0.408 e. The first-order valence-electron chi connectivity index (χ1n) is 7.00. The minimum absolute atomic E-state index is 0.0787. The van der Waals surface area contributed by atoms with E-state index in [1.165, 1.54) is 0 Å². The topological polar surface area (TPSA) is 96.3 Å². The maximum atomic E-state index is 11.5. The first kappa shape index (κ1) is 15.1. The summed E-state index contributed by atoms with van der Waals surface area (Å²) < 4.78 is 11.2. The highest BCUT2D eigenvalue weighted by Crippen LogP contribution is 2.35. The average Bonchev–Trinajstić information content (AvgIpc) is 2.80. The van der Waals surface area contributed by atoms with Gasteiger partial charge in [-0.3, -0.25) is 4.90 Å². The zero-order chi connectivity index (χ0) is 14.8. The van der Waals surface area contributed by atoms with Gasteiger partial charge in [-0.05, 0) is 25.7 Å². The van der Waals surface area contributed by atoms with Crippen LogP contribution in [0.2, 0.25) is 0 Å². The van der Waals surface area contributed by atoms with Crippen molar-refractivity contribution in [3.63, 3.8) is 0 Å². The van der Waals surface area contributed by atoms with Crippen molar-refractivity contribution < 1.29 is 29.3 Å². The molecule has 2 heterocycles. The Morgan fingerprint density at radius 2 is 2.15 bits per heavy atom. The van der Waals surface area contributed by atoms with Crippen LogP contribution in [0, 0.1) is 0 Å². The summed E-state index contributed by atoms with van der Waals surface area (Å²) in [5.74, 6) is -1.11. The molecule has 7 heteroatoms. The summed E-state index contributed by atoms with van der Waals surface area (Å²) in [6.07, 6.45) is 1.19. The zero-order valence-corrected chi connectivity index (χ0v) is 11.6. The highest BCUT2D eigenvalue weighted by Gasteiger charge is 2.53. The molecule has 0 aromatic rings. The Morgan fingerprint density at radius 1 is 1.40 bits per heavy atom. The fraction of sp³-hybridized carbons (Fsp3) is 0.846. The number of carboxylic acid groups (broad SMARTS) is 2. The summed E-state index contributed by atoms with van der Waals surface area (Å²) in [6.45, 7) is 2.40. The molecule has 2 aliphatic rings. The molecule has 3 atom stereocenters. The van der Waals surface area contributed by atoms with Crippen LogP contribution in [0.15, 0.2) is 0 Å². The summed E-state index contributed by atoms with van der Waals surface area (Å²) >= 11 is 0. The minimum atomic E-state index is -1.38. The Labute approximate surface area is 117 Å². The largest absolute Gasteiger partial charge is 0.479 e. The SMILES string of the molecule is CC[C@@]1(C(=O)O)C[C@@H](OC2CCCCO2)CN1C(=O)O. The van der Waals surface area contributed by atoms with Gasteiger partial charge in [0.1, 0.15) is 5.54 Å². The van der Waals surface area contributed by atoms with Crippen LogP contribution in [0.25, 0.3) is 0 Å². The minimum Gasteiger partial charge on any atom is -0.479 e. The normalized spacial score (nSPS) is 34.1. The standard InChI is InChI=1S/C13H21NO6/c1-2-13(11(15)16)7-9(8-14(13)12(17)18)20-10-5-3-4-6-19-10/h9-10H,2-8H2,1H3,(H,15,16)(H,17,18)/t9-,10?,13+/m1/s1. The highest BCUT2D eigenvalue weighted by molar-refractivity contribution is 5.84. The molecule has 2 aliphatic heterocycles. The number of hydrogen-bond acceptors (Lipinski definition) is 4. The number of ether oxygens (including phenoxy) is 2. The molecule has 0 aromatic carbocycles. The van der Waals surface area contributed by atoms with Gasteiger partial charge < -0.3 is 19.7 Å². The number of likely N-dealkylation sites (tertiary alicyclic amines) is 1. The molecule has 2 fully saturated rings. The van der Waals surface area contributed by atoms with Gasteiger partial charge in [-0.1, -0.05) is 6.92 Å². The quantitative estimate of drug-likeness (QED) is 0.813. The van der Waals surface area contributed by atoms with Crippen LogP contribution in [-0.2, 0) is 14.3 Å². The number of carbonyl (C=O) groups is 2. The second kappa shape index (κ2) is 5.97. The first-order chi connectivity index (χ1) is 9.49. The van der Waals surface area contributed by atoms with E-state index in [0.717, 1.165) is 24.2 Å². The van der Waals surface area contributed by atoms with E-state index < -0.39 is 23.7 Å². The van der Waals surface area contributed by atoms with Crippen LogP contribution in [0.4, 0.5) is 4.79 Å². The van der Waals surface area contributed by atoms with Crippen molar-refractivity contribution in [3.05, 3.63) is 0 Å². The Morgan fingerprint density at radius 3 is 2.60 bits per heavy atom. The molecule has 2 N–H and O–H groups in total. The second-order valence-corrected chi connectivity index (χ2v) is 5.34. The lowest BCUT2D eigenvalue weighted by atomic mass is 9.92. The summed E-state index contributed by atoms with van der Waals surface area (Å²) in [5, 5.41) is 18.6. The molecule has 0 spiro atoms. The van der Waals surface area contributed by atoms with E-state index >= 15 is 0 Å².